The molecule has 0 radical (unpaired) electrons. The van der Waals surface area contributed by atoms with Crippen LogP contribution in [0, 0.1) is 10.5 Å². The maximum Gasteiger partial charge on any atom is 0.341 e. The molecule has 6 heteroatoms. The zero-order valence-electron chi connectivity index (χ0n) is 13.2. The molecule has 0 aliphatic heterocycles. The highest BCUT2D eigenvalue weighted by Gasteiger charge is 2.20. The van der Waals surface area contributed by atoms with Gasteiger partial charge in [-0.1, -0.05) is 19.1 Å². The van der Waals surface area contributed by atoms with E-state index in [1.54, 1.807) is 19.1 Å². The molecular weight excluding hydrogens is 425 g/mol. The van der Waals surface area contributed by atoms with E-state index < -0.39 is 5.97 Å². The summed E-state index contributed by atoms with van der Waals surface area (Å²) in [5, 5.41) is 3.41. The molecule has 0 atom stereocenters. The second kappa shape index (κ2) is 7.92. The van der Waals surface area contributed by atoms with Gasteiger partial charge in [0.05, 0.1) is 17.7 Å². The zero-order valence-corrected chi connectivity index (χ0v) is 16.2. The molecule has 2 aromatic rings. The number of benzene rings is 1. The van der Waals surface area contributed by atoms with Crippen molar-refractivity contribution in [3.05, 3.63) is 49.4 Å². The third-order valence-corrected chi connectivity index (χ3v) is 5.92. The quantitative estimate of drug-likeness (QED) is 0.541. The Kier molecular flexibility index (Phi) is 6.17. The summed E-state index contributed by atoms with van der Waals surface area (Å²) in [5.74, 6) is -0.620. The first kappa shape index (κ1) is 17.9. The van der Waals surface area contributed by atoms with Crippen LogP contribution in [0.2, 0.25) is 0 Å². The van der Waals surface area contributed by atoms with Gasteiger partial charge in [-0.05, 0) is 60.6 Å². The predicted octanol–water partition coefficient (Wildman–Crippen LogP) is 4.65. The average molecular weight is 443 g/mol. The maximum absolute atomic E-state index is 12.6. The van der Waals surface area contributed by atoms with E-state index in [0.717, 1.165) is 20.4 Å². The van der Waals surface area contributed by atoms with E-state index in [-0.39, 0.29) is 5.91 Å². The number of halogens is 1. The van der Waals surface area contributed by atoms with Crippen molar-refractivity contribution in [2.75, 3.05) is 11.9 Å². The minimum atomic E-state index is -0.405. The summed E-state index contributed by atoms with van der Waals surface area (Å²) in [6, 6.07) is 7.38. The number of aryl methyl sites for hydroxylation is 2. The number of rotatable bonds is 5. The van der Waals surface area contributed by atoms with Crippen molar-refractivity contribution in [3.8, 4) is 0 Å². The Morgan fingerprint density at radius 1 is 1.26 bits per heavy atom. The van der Waals surface area contributed by atoms with Gasteiger partial charge in [0.25, 0.3) is 5.91 Å². The molecule has 23 heavy (non-hydrogen) atoms. The number of carbonyl (C=O) groups is 2. The van der Waals surface area contributed by atoms with Crippen molar-refractivity contribution < 1.29 is 14.3 Å². The lowest BCUT2D eigenvalue weighted by molar-refractivity contribution is 0.0528. The fraction of sp³-hybridized carbons (Fsp3) is 0.294. The summed E-state index contributed by atoms with van der Waals surface area (Å²) < 4.78 is 5.98. The Hall–Kier alpha value is -1.41. The second-order valence-electron chi connectivity index (χ2n) is 4.92. The topological polar surface area (TPSA) is 55.4 Å². The lowest BCUT2D eigenvalue weighted by Crippen LogP contribution is -2.15. The van der Waals surface area contributed by atoms with Crippen LogP contribution in [0.15, 0.2) is 24.3 Å². The first-order chi connectivity index (χ1) is 11.0. The van der Waals surface area contributed by atoms with E-state index in [9.17, 15) is 9.59 Å². The number of hydrogen-bond acceptors (Lipinski definition) is 4. The van der Waals surface area contributed by atoms with E-state index in [1.165, 1.54) is 11.3 Å². The highest BCUT2D eigenvalue weighted by atomic mass is 127. The van der Waals surface area contributed by atoms with Gasteiger partial charge in [0.15, 0.2) is 0 Å². The van der Waals surface area contributed by atoms with E-state index in [4.69, 9.17) is 4.74 Å². The van der Waals surface area contributed by atoms with Gasteiger partial charge in [-0.2, -0.15) is 0 Å². The van der Waals surface area contributed by atoms with Crippen molar-refractivity contribution in [3.63, 3.8) is 0 Å². The van der Waals surface area contributed by atoms with E-state index in [1.807, 2.05) is 26.0 Å². The molecule has 0 fully saturated rings. The highest BCUT2D eigenvalue weighted by Crippen LogP contribution is 2.30. The summed E-state index contributed by atoms with van der Waals surface area (Å²) >= 11 is 3.57. The molecule has 0 aliphatic rings. The van der Waals surface area contributed by atoms with Crippen LogP contribution in [-0.2, 0) is 11.2 Å². The number of ether oxygens (including phenoxy) is 1. The van der Waals surface area contributed by atoms with Crippen LogP contribution < -0.4 is 5.32 Å². The van der Waals surface area contributed by atoms with Crippen LogP contribution >= 0.6 is 33.9 Å². The third-order valence-electron chi connectivity index (χ3n) is 3.29. The fourth-order valence-corrected chi connectivity index (χ4v) is 3.65. The van der Waals surface area contributed by atoms with Gasteiger partial charge in [0.1, 0.15) is 5.00 Å². The Balaban J connectivity index is 2.32. The van der Waals surface area contributed by atoms with Crippen LogP contribution in [0.25, 0.3) is 0 Å². The number of hydrogen-bond donors (Lipinski definition) is 1. The maximum atomic E-state index is 12.6. The molecule has 1 amide bonds. The smallest absolute Gasteiger partial charge is 0.341 e. The van der Waals surface area contributed by atoms with Crippen LogP contribution in [0.5, 0.6) is 0 Å². The molecule has 1 heterocycles. The molecule has 1 N–H and O–H groups in total. The SMILES string of the molecule is CCOC(=O)c1cc(CC)sc1NC(=O)c1cccc(C)c1I. The predicted molar refractivity (Wildman–Crippen MR) is 102 cm³/mol. The minimum absolute atomic E-state index is 0.215. The molecule has 1 aromatic carbocycles. The molecule has 1 aromatic heterocycles. The van der Waals surface area contributed by atoms with Gasteiger partial charge in [-0.25, -0.2) is 4.79 Å². The number of carbonyl (C=O) groups excluding carboxylic acids is 2. The van der Waals surface area contributed by atoms with Crippen LogP contribution in [0.3, 0.4) is 0 Å². The van der Waals surface area contributed by atoms with Crippen LogP contribution in [0.4, 0.5) is 5.00 Å². The van der Waals surface area contributed by atoms with Crippen LogP contribution in [-0.4, -0.2) is 18.5 Å². The summed E-state index contributed by atoms with van der Waals surface area (Å²) in [4.78, 5) is 25.7. The Labute approximate surface area is 153 Å². The zero-order chi connectivity index (χ0) is 17.0. The molecule has 4 nitrogen and oxygen atoms in total. The van der Waals surface area contributed by atoms with E-state index in [0.29, 0.717) is 22.7 Å². The van der Waals surface area contributed by atoms with Crippen molar-refractivity contribution >= 4 is 50.8 Å². The third kappa shape index (κ3) is 4.11. The first-order valence-corrected chi connectivity index (χ1v) is 9.23. The Morgan fingerprint density at radius 3 is 2.65 bits per heavy atom. The molecule has 0 spiro atoms. The van der Waals surface area contributed by atoms with Gasteiger partial charge >= 0.3 is 5.97 Å². The van der Waals surface area contributed by atoms with Crippen molar-refractivity contribution in [2.45, 2.75) is 27.2 Å². The molecule has 0 bridgehead atoms. The molecule has 2 rings (SSSR count). The van der Waals surface area contributed by atoms with Gasteiger partial charge in [-0.15, -0.1) is 11.3 Å². The average Bonchev–Trinajstić information content (AvgIpc) is 2.93. The second-order valence-corrected chi connectivity index (χ2v) is 7.14. The first-order valence-electron chi connectivity index (χ1n) is 7.34. The van der Waals surface area contributed by atoms with Gasteiger partial charge in [0, 0.05) is 8.45 Å². The molecule has 0 saturated heterocycles. The lowest BCUT2D eigenvalue weighted by atomic mass is 10.1. The van der Waals surface area contributed by atoms with Crippen molar-refractivity contribution in [1.29, 1.82) is 0 Å². The summed E-state index contributed by atoms with van der Waals surface area (Å²) in [5.41, 5.74) is 2.07. The molecule has 0 aliphatic carbocycles. The van der Waals surface area contributed by atoms with Crippen molar-refractivity contribution in [1.82, 2.24) is 0 Å². The Bertz CT molecular complexity index is 739. The monoisotopic (exact) mass is 443 g/mol. The van der Waals surface area contributed by atoms with E-state index >= 15 is 0 Å². The molecular formula is C17H18INO3S. The number of anilines is 1. The van der Waals surface area contributed by atoms with Gasteiger partial charge in [-0.3, -0.25) is 4.79 Å². The normalized spacial score (nSPS) is 10.4. The van der Waals surface area contributed by atoms with Gasteiger partial charge in [0.2, 0.25) is 0 Å². The molecule has 0 unspecified atom stereocenters. The van der Waals surface area contributed by atoms with Gasteiger partial charge < -0.3 is 10.1 Å². The van der Waals surface area contributed by atoms with Crippen LogP contribution in [0.1, 0.15) is 45.0 Å². The largest absolute Gasteiger partial charge is 0.462 e. The standard InChI is InChI=1S/C17H18INO3S/c1-4-11-9-13(17(21)22-5-2)16(23-11)19-15(20)12-8-6-7-10(3)14(12)18/h6-9H,4-5H2,1-3H3,(H,19,20). The summed E-state index contributed by atoms with van der Waals surface area (Å²) in [7, 11) is 0. The number of amides is 1. The van der Waals surface area contributed by atoms with Crippen molar-refractivity contribution in [2.24, 2.45) is 0 Å². The van der Waals surface area contributed by atoms with E-state index in [2.05, 4.69) is 27.9 Å². The summed E-state index contributed by atoms with van der Waals surface area (Å²) in [6.07, 6.45) is 0.801. The number of nitrogens with one attached hydrogen (secondary N) is 1. The molecule has 122 valence electrons. The Morgan fingerprint density at radius 2 is 2.00 bits per heavy atom. The minimum Gasteiger partial charge on any atom is -0.462 e. The summed E-state index contributed by atoms with van der Waals surface area (Å²) in [6.45, 7) is 6.04. The number of thiophene rings is 1. The highest BCUT2D eigenvalue weighted by molar-refractivity contribution is 14.1. The fourth-order valence-electron chi connectivity index (χ4n) is 2.06. The molecule has 0 saturated carbocycles. The number of esters is 1. The lowest BCUT2D eigenvalue weighted by Gasteiger charge is -2.08.